The molecule has 2 aliphatic rings. The number of aromatic nitrogens is 2. The molecule has 1 unspecified atom stereocenters. The summed E-state index contributed by atoms with van der Waals surface area (Å²) in [6, 6.07) is 2.71. The second-order valence-electron chi connectivity index (χ2n) is 6.92. The Bertz CT molecular complexity index is 680. The van der Waals surface area contributed by atoms with Gasteiger partial charge in [-0.15, -0.1) is 0 Å². The Morgan fingerprint density at radius 2 is 2.29 bits per heavy atom. The molecule has 3 heterocycles. The van der Waals surface area contributed by atoms with Crippen molar-refractivity contribution in [2.24, 2.45) is 7.05 Å². The number of morpholine rings is 1. The molecule has 6 nitrogen and oxygen atoms in total. The Labute approximate surface area is 142 Å². The summed E-state index contributed by atoms with van der Waals surface area (Å²) >= 11 is 0. The molecular weight excluding hydrogens is 304 g/mol. The Hall–Kier alpha value is -1.63. The zero-order valence-electron chi connectivity index (χ0n) is 14.4. The number of nitrogens with one attached hydrogen (secondary N) is 1. The van der Waals surface area contributed by atoms with Gasteiger partial charge in [0.15, 0.2) is 0 Å². The third-order valence-electron chi connectivity index (χ3n) is 5.38. The lowest BCUT2D eigenvalue weighted by Crippen LogP contribution is -2.48. The highest BCUT2D eigenvalue weighted by atomic mass is 16.5. The van der Waals surface area contributed by atoms with Gasteiger partial charge in [0.1, 0.15) is 5.76 Å². The van der Waals surface area contributed by atoms with Gasteiger partial charge in [-0.2, -0.15) is 0 Å². The smallest absolute Gasteiger partial charge is 0.108 e. The molecule has 2 aromatic heterocycles. The number of imidazole rings is 1. The van der Waals surface area contributed by atoms with E-state index in [0.717, 1.165) is 38.3 Å². The molecule has 130 valence electrons. The molecule has 3 atom stereocenters. The van der Waals surface area contributed by atoms with E-state index < -0.39 is 0 Å². The normalized spacial score (nSPS) is 28.0. The van der Waals surface area contributed by atoms with E-state index in [1.165, 1.54) is 17.7 Å². The van der Waals surface area contributed by atoms with Crippen LogP contribution in [0, 0.1) is 0 Å². The number of furan rings is 1. The first-order valence-corrected chi connectivity index (χ1v) is 8.81. The van der Waals surface area contributed by atoms with Crippen molar-refractivity contribution in [3.8, 4) is 0 Å². The number of hydrogen-bond acceptors (Lipinski definition) is 5. The minimum Gasteiger partial charge on any atom is -0.469 e. The minimum atomic E-state index is 0.122. The van der Waals surface area contributed by atoms with Gasteiger partial charge in [0.2, 0.25) is 0 Å². The molecule has 2 aromatic rings. The van der Waals surface area contributed by atoms with Crippen molar-refractivity contribution in [2.45, 2.75) is 37.5 Å². The summed E-state index contributed by atoms with van der Waals surface area (Å²) in [5.41, 5.74) is 2.53. The molecule has 1 aliphatic carbocycles. The largest absolute Gasteiger partial charge is 0.469 e. The summed E-state index contributed by atoms with van der Waals surface area (Å²) in [5, 5.41) is 3.72. The van der Waals surface area contributed by atoms with Gasteiger partial charge in [0.25, 0.3) is 0 Å². The van der Waals surface area contributed by atoms with E-state index in [1.807, 2.05) is 25.8 Å². The van der Waals surface area contributed by atoms with Gasteiger partial charge in [-0.05, 0) is 26.0 Å². The van der Waals surface area contributed by atoms with Crippen LogP contribution in [0.4, 0.5) is 0 Å². The molecule has 1 fully saturated rings. The van der Waals surface area contributed by atoms with Crippen LogP contribution in [0.25, 0.3) is 0 Å². The summed E-state index contributed by atoms with van der Waals surface area (Å²) in [6.45, 7) is 2.55. The summed E-state index contributed by atoms with van der Waals surface area (Å²) in [4.78, 5) is 6.66. The Balaban J connectivity index is 1.48. The summed E-state index contributed by atoms with van der Waals surface area (Å²) in [5.74, 6) is 1.14. The molecule has 1 aliphatic heterocycles. The minimum absolute atomic E-state index is 0.122. The zero-order chi connectivity index (χ0) is 16.5. The van der Waals surface area contributed by atoms with Crippen LogP contribution in [0.1, 0.15) is 41.9 Å². The number of fused-ring (bicyclic) bond motifs is 1. The molecule has 24 heavy (non-hydrogen) atoms. The number of hydrogen-bond donors (Lipinski definition) is 1. The number of aryl methyl sites for hydroxylation is 2. The van der Waals surface area contributed by atoms with Gasteiger partial charge in [-0.1, -0.05) is 0 Å². The van der Waals surface area contributed by atoms with Crippen LogP contribution in [0.5, 0.6) is 0 Å². The molecule has 0 bridgehead atoms. The third-order valence-corrected chi connectivity index (χ3v) is 5.38. The Kier molecular flexibility index (Phi) is 4.43. The maximum atomic E-state index is 6.13. The van der Waals surface area contributed by atoms with Crippen LogP contribution >= 0.6 is 0 Å². The van der Waals surface area contributed by atoms with Crippen LogP contribution in [0.15, 0.2) is 29.3 Å². The molecule has 0 spiro atoms. The van der Waals surface area contributed by atoms with Crippen molar-refractivity contribution in [3.63, 3.8) is 0 Å². The molecule has 0 radical (unpaired) electrons. The second kappa shape index (κ2) is 6.70. The molecule has 6 heteroatoms. The van der Waals surface area contributed by atoms with E-state index in [9.17, 15) is 0 Å². The topological polar surface area (TPSA) is 55.5 Å². The number of ether oxygens (including phenoxy) is 1. The molecule has 0 aromatic carbocycles. The van der Waals surface area contributed by atoms with E-state index in [0.29, 0.717) is 6.04 Å². The first-order valence-electron chi connectivity index (χ1n) is 8.81. The maximum Gasteiger partial charge on any atom is 0.108 e. The van der Waals surface area contributed by atoms with Gasteiger partial charge < -0.3 is 19.0 Å². The average molecular weight is 330 g/mol. The van der Waals surface area contributed by atoms with E-state index in [-0.39, 0.29) is 12.1 Å². The van der Waals surface area contributed by atoms with Crippen molar-refractivity contribution in [1.29, 1.82) is 0 Å². The van der Waals surface area contributed by atoms with E-state index in [2.05, 4.69) is 32.9 Å². The van der Waals surface area contributed by atoms with Gasteiger partial charge >= 0.3 is 0 Å². The van der Waals surface area contributed by atoms with Crippen molar-refractivity contribution < 1.29 is 9.15 Å². The third kappa shape index (κ3) is 2.90. The lowest BCUT2D eigenvalue weighted by Gasteiger charge is -2.40. The predicted molar refractivity (Wildman–Crippen MR) is 90.7 cm³/mol. The lowest BCUT2D eigenvalue weighted by atomic mass is 9.93. The van der Waals surface area contributed by atoms with Crippen LogP contribution < -0.4 is 5.32 Å². The maximum absolute atomic E-state index is 6.13. The van der Waals surface area contributed by atoms with Gasteiger partial charge in [-0.3, -0.25) is 4.90 Å². The van der Waals surface area contributed by atoms with Gasteiger partial charge in [0.05, 0.1) is 37.0 Å². The Morgan fingerprint density at radius 3 is 3.12 bits per heavy atom. The average Bonchev–Trinajstić information content (AvgIpc) is 3.22. The van der Waals surface area contributed by atoms with Crippen LogP contribution in [-0.4, -0.2) is 47.3 Å². The van der Waals surface area contributed by atoms with Crippen molar-refractivity contribution in [1.82, 2.24) is 19.8 Å². The highest BCUT2D eigenvalue weighted by Crippen LogP contribution is 2.32. The lowest BCUT2D eigenvalue weighted by molar-refractivity contribution is -0.0646. The zero-order valence-corrected chi connectivity index (χ0v) is 14.4. The quantitative estimate of drug-likeness (QED) is 0.930. The molecular formula is C18H26N4O2. The number of likely N-dealkylation sites (N-methyl/N-ethyl adjacent to an activating group) is 1. The molecule has 4 rings (SSSR count). The Morgan fingerprint density at radius 1 is 1.38 bits per heavy atom. The molecule has 0 saturated carbocycles. The molecule has 0 amide bonds. The van der Waals surface area contributed by atoms with Crippen LogP contribution in [0.2, 0.25) is 0 Å². The van der Waals surface area contributed by atoms with Crippen molar-refractivity contribution in [3.05, 3.63) is 41.9 Å². The monoisotopic (exact) mass is 330 g/mol. The molecule has 1 saturated heterocycles. The first-order chi connectivity index (χ1) is 11.7. The molecule has 1 N–H and O–H groups in total. The summed E-state index contributed by atoms with van der Waals surface area (Å²) in [7, 11) is 4.22. The fourth-order valence-electron chi connectivity index (χ4n) is 4.06. The van der Waals surface area contributed by atoms with Gasteiger partial charge in [-0.25, -0.2) is 4.98 Å². The van der Waals surface area contributed by atoms with E-state index in [1.54, 1.807) is 0 Å². The summed E-state index contributed by atoms with van der Waals surface area (Å²) < 4.78 is 13.8. The summed E-state index contributed by atoms with van der Waals surface area (Å²) in [6.07, 6.45) is 9.14. The first kappa shape index (κ1) is 15.9. The predicted octanol–water partition coefficient (Wildman–Crippen LogP) is 2.05. The van der Waals surface area contributed by atoms with Crippen LogP contribution in [-0.2, 0) is 18.2 Å². The van der Waals surface area contributed by atoms with Crippen LogP contribution in [0.3, 0.4) is 0 Å². The fourth-order valence-corrected chi connectivity index (χ4v) is 4.06. The number of nitrogens with zero attached hydrogens (tertiary/aromatic N) is 3. The van der Waals surface area contributed by atoms with Gasteiger partial charge in [0, 0.05) is 44.4 Å². The van der Waals surface area contributed by atoms with Crippen molar-refractivity contribution in [2.75, 3.05) is 26.7 Å². The highest BCUT2D eigenvalue weighted by molar-refractivity contribution is 5.24. The highest BCUT2D eigenvalue weighted by Gasteiger charge is 2.34. The van der Waals surface area contributed by atoms with Crippen molar-refractivity contribution >= 4 is 0 Å². The fraction of sp³-hybridized carbons (Fsp3) is 0.611. The number of rotatable bonds is 4. The standard InChI is InChI=1S/C18H26N4O2/c1-21-7-9-24-17(18(21)15-10-19-12-22(15)2)11-20-14-4-3-5-16-13(14)6-8-23-16/h6,8,10,12,14,17-18,20H,3-5,7,9,11H2,1-2H3/t14?,17-,18-/m0/s1. The SMILES string of the molecule is CN1CCO[C@@H](CNC2CCCc3occc32)[C@@H]1c1cncn1C. The van der Waals surface area contributed by atoms with E-state index in [4.69, 9.17) is 9.15 Å². The second-order valence-corrected chi connectivity index (χ2v) is 6.92. The van der Waals surface area contributed by atoms with E-state index >= 15 is 0 Å².